The van der Waals surface area contributed by atoms with Crippen molar-refractivity contribution in [2.24, 2.45) is 0 Å². The van der Waals surface area contributed by atoms with Crippen LogP contribution in [0.25, 0.3) is 0 Å². The molecular formula is C9H15NO2S. The van der Waals surface area contributed by atoms with E-state index in [0.717, 1.165) is 18.8 Å². The third-order valence-corrected chi connectivity index (χ3v) is 4.14. The van der Waals surface area contributed by atoms with E-state index in [-0.39, 0.29) is 5.25 Å². The standard InChI is InChI=1S/C9H15NO2S/c11-9(12)8-6-10(4-5-13-8)7-2-1-3-7/h7-8H,1-6H2,(H,11,12). The normalized spacial score (nSPS) is 31.2. The van der Waals surface area contributed by atoms with Gasteiger partial charge in [0, 0.05) is 24.9 Å². The highest BCUT2D eigenvalue weighted by atomic mass is 32.2. The number of thioether (sulfide) groups is 1. The largest absolute Gasteiger partial charge is 0.480 e. The summed E-state index contributed by atoms with van der Waals surface area (Å²) >= 11 is 1.59. The van der Waals surface area contributed by atoms with E-state index in [0.29, 0.717) is 6.04 Å². The highest BCUT2D eigenvalue weighted by Crippen LogP contribution is 2.29. The van der Waals surface area contributed by atoms with Gasteiger partial charge in [0.2, 0.25) is 0 Å². The maximum Gasteiger partial charge on any atom is 0.317 e. The van der Waals surface area contributed by atoms with Gasteiger partial charge in [-0.1, -0.05) is 6.42 Å². The number of hydrogen-bond acceptors (Lipinski definition) is 3. The van der Waals surface area contributed by atoms with Crippen LogP contribution in [0.5, 0.6) is 0 Å². The second-order valence-corrected chi connectivity index (χ2v) is 5.09. The van der Waals surface area contributed by atoms with Gasteiger partial charge in [-0.05, 0) is 12.8 Å². The molecule has 4 heteroatoms. The minimum absolute atomic E-state index is 0.186. The quantitative estimate of drug-likeness (QED) is 0.724. The van der Waals surface area contributed by atoms with E-state index in [4.69, 9.17) is 5.11 Å². The van der Waals surface area contributed by atoms with Crippen molar-refractivity contribution < 1.29 is 9.90 Å². The minimum Gasteiger partial charge on any atom is -0.480 e. The number of rotatable bonds is 2. The lowest BCUT2D eigenvalue weighted by molar-refractivity contribution is -0.137. The van der Waals surface area contributed by atoms with Gasteiger partial charge in [0.1, 0.15) is 5.25 Å². The Balaban J connectivity index is 1.87. The SMILES string of the molecule is O=C(O)C1CN(C2CCC2)CCS1. The van der Waals surface area contributed by atoms with Crippen molar-refractivity contribution in [2.75, 3.05) is 18.8 Å². The predicted octanol–water partition coefficient (Wildman–Crippen LogP) is 1.04. The first-order valence-corrected chi connectivity index (χ1v) is 5.90. The summed E-state index contributed by atoms with van der Waals surface area (Å²) in [5, 5.41) is 8.70. The summed E-state index contributed by atoms with van der Waals surface area (Å²) in [7, 11) is 0. The number of aliphatic carboxylic acids is 1. The van der Waals surface area contributed by atoms with Gasteiger partial charge in [0.15, 0.2) is 0 Å². The third-order valence-electron chi connectivity index (χ3n) is 2.96. The molecule has 1 saturated carbocycles. The molecule has 1 saturated heterocycles. The molecule has 1 aliphatic carbocycles. The van der Waals surface area contributed by atoms with E-state index < -0.39 is 5.97 Å². The summed E-state index contributed by atoms with van der Waals surface area (Å²) in [6.07, 6.45) is 3.88. The van der Waals surface area contributed by atoms with Crippen LogP contribution in [0.3, 0.4) is 0 Å². The number of carboxylic acids is 1. The van der Waals surface area contributed by atoms with Crippen molar-refractivity contribution in [3.8, 4) is 0 Å². The van der Waals surface area contributed by atoms with Crippen molar-refractivity contribution in [1.29, 1.82) is 0 Å². The molecule has 13 heavy (non-hydrogen) atoms. The minimum atomic E-state index is -0.644. The number of hydrogen-bond donors (Lipinski definition) is 1. The molecule has 0 aromatic carbocycles. The van der Waals surface area contributed by atoms with E-state index >= 15 is 0 Å². The Morgan fingerprint density at radius 2 is 2.23 bits per heavy atom. The summed E-state index contributed by atoms with van der Waals surface area (Å²) in [4.78, 5) is 13.1. The third kappa shape index (κ3) is 1.99. The van der Waals surface area contributed by atoms with E-state index in [2.05, 4.69) is 4.90 Å². The van der Waals surface area contributed by atoms with Crippen LogP contribution in [0.15, 0.2) is 0 Å². The Hall–Kier alpha value is -0.220. The number of carbonyl (C=O) groups is 1. The second kappa shape index (κ2) is 3.88. The van der Waals surface area contributed by atoms with Crippen LogP contribution >= 0.6 is 11.8 Å². The van der Waals surface area contributed by atoms with Gasteiger partial charge in [-0.2, -0.15) is 0 Å². The lowest BCUT2D eigenvalue weighted by Gasteiger charge is -2.41. The zero-order chi connectivity index (χ0) is 9.26. The lowest BCUT2D eigenvalue weighted by atomic mass is 9.91. The Bertz CT molecular complexity index is 206. The highest BCUT2D eigenvalue weighted by molar-refractivity contribution is 8.00. The molecule has 0 amide bonds. The van der Waals surface area contributed by atoms with Crippen LogP contribution in [-0.4, -0.2) is 46.1 Å². The maximum absolute atomic E-state index is 10.8. The van der Waals surface area contributed by atoms with Crippen LogP contribution in [0.2, 0.25) is 0 Å². The maximum atomic E-state index is 10.8. The molecule has 1 heterocycles. The second-order valence-electron chi connectivity index (χ2n) is 3.78. The van der Waals surface area contributed by atoms with Gasteiger partial charge in [0.25, 0.3) is 0 Å². The summed E-state index contributed by atoms with van der Waals surface area (Å²) < 4.78 is 0. The first-order chi connectivity index (χ1) is 6.27. The lowest BCUT2D eigenvalue weighted by Crippen LogP contribution is -2.49. The Labute approximate surface area is 82.5 Å². The fraction of sp³-hybridized carbons (Fsp3) is 0.889. The van der Waals surface area contributed by atoms with Crippen LogP contribution in [0, 0.1) is 0 Å². The summed E-state index contributed by atoms with van der Waals surface area (Å²) in [6, 6.07) is 0.697. The van der Waals surface area contributed by atoms with Gasteiger partial charge in [-0.25, -0.2) is 0 Å². The van der Waals surface area contributed by atoms with E-state index in [1.54, 1.807) is 11.8 Å². The van der Waals surface area contributed by atoms with E-state index in [1.165, 1.54) is 19.3 Å². The number of carboxylic acid groups (broad SMARTS) is 1. The van der Waals surface area contributed by atoms with E-state index in [9.17, 15) is 4.79 Å². The Morgan fingerprint density at radius 3 is 2.77 bits per heavy atom. The van der Waals surface area contributed by atoms with Crippen LogP contribution in [-0.2, 0) is 4.79 Å². The van der Waals surface area contributed by atoms with Crippen LogP contribution in [0.1, 0.15) is 19.3 Å². The predicted molar refractivity (Wildman–Crippen MR) is 53.1 cm³/mol. The van der Waals surface area contributed by atoms with Crippen LogP contribution in [0.4, 0.5) is 0 Å². The number of nitrogens with zero attached hydrogens (tertiary/aromatic N) is 1. The van der Waals surface area contributed by atoms with E-state index in [1.807, 2.05) is 0 Å². The first kappa shape index (κ1) is 9.34. The topological polar surface area (TPSA) is 40.5 Å². The Kier molecular flexibility index (Phi) is 2.79. The molecule has 0 radical (unpaired) electrons. The van der Waals surface area contributed by atoms with Crippen molar-refractivity contribution in [1.82, 2.24) is 4.90 Å². The van der Waals surface area contributed by atoms with Gasteiger partial charge in [-0.3, -0.25) is 9.69 Å². The molecule has 2 aliphatic rings. The molecule has 0 bridgehead atoms. The van der Waals surface area contributed by atoms with Gasteiger partial charge in [-0.15, -0.1) is 11.8 Å². The molecule has 1 unspecified atom stereocenters. The van der Waals surface area contributed by atoms with Crippen molar-refractivity contribution in [3.05, 3.63) is 0 Å². The molecule has 74 valence electrons. The molecule has 2 rings (SSSR count). The average Bonchev–Trinajstić information content (AvgIpc) is 2.01. The van der Waals surface area contributed by atoms with Gasteiger partial charge < -0.3 is 5.11 Å². The van der Waals surface area contributed by atoms with Gasteiger partial charge in [0.05, 0.1) is 0 Å². The van der Waals surface area contributed by atoms with Crippen molar-refractivity contribution >= 4 is 17.7 Å². The van der Waals surface area contributed by atoms with Crippen molar-refractivity contribution in [2.45, 2.75) is 30.6 Å². The molecule has 1 atom stereocenters. The Morgan fingerprint density at radius 1 is 1.46 bits per heavy atom. The van der Waals surface area contributed by atoms with Crippen molar-refractivity contribution in [3.63, 3.8) is 0 Å². The highest BCUT2D eigenvalue weighted by Gasteiger charge is 2.32. The monoisotopic (exact) mass is 201 g/mol. The zero-order valence-electron chi connectivity index (χ0n) is 7.61. The molecule has 0 aromatic heterocycles. The summed E-state index contributed by atoms with van der Waals surface area (Å²) in [6.45, 7) is 1.84. The zero-order valence-corrected chi connectivity index (χ0v) is 8.42. The molecule has 1 N–H and O–H groups in total. The van der Waals surface area contributed by atoms with Crippen LogP contribution < -0.4 is 0 Å². The van der Waals surface area contributed by atoms with Gasteiger partial charge >= 0.3 is 5.97 Å². The fourth-order valence-electron chi connectivity index (χ4n) is 1.90. The fourth-order valence-corrected chi connectivity index (χ4v) is 2.97. The molecule has 3 nitrogen and oxygen atoms in total. The smallest absolute Gasteiger partial charge is 0.317 e. The molecular weight excluding hydrogens is 186 g/mol. The first-order valence-electron chi connectivity index (χ1n) is 4.86. The summed E-state index contributed by atoms with van der Waals surface area (Å²) in [5.41, 5.74) is 0. The molecule has 0 spiro atoms. The molecule has 0 aromatic rings. The summed E-state index contributed by atoms with van der Waals surface area (Å²) in [5.74, 6) is 0.335. The molecule has 2 fully saturated rings. The molecule has 1 aliphatic heterocycles. The average molecular weight is 201 g/mol.